The molecule has 0 aromatic heterocycles. The largest absolute Gasteiger partial charge is 0.530 e. The lowest BCUT2D eigenvalue weighted by atomic mass is 9.76. The van der Waals surface area contributed by atoms with Crippen molar-refractivity contribution in [1.29, 1.82) is 0 Å². The highest BCUT2D eigenvalue weighted by Gasteiger charge is 2.49. The van der Waals surface area contributed by atoms with Gasteiger partial charge in [0.15, 0.2) is 0 Å². The number of hydrogen-bond acceptors (Lipinski definition) is 4. The maximum Gasteiger partial charge on any atom is 0.346 e. The van der Waals surface area contributed by atoms with Crippen molar-refractivity contribution in [3.8, 4) is 23.0 Å². The van der Waals surface area contributed by atoms with Crippen molar-refractivity contribution < 1.29 is 17.7 Å². The predicted octanol–water partition coefficient (Wildman–Crippen LogP) is 17.7. The van der Waals surface area contributed by atoms with Crippen molar-refractivity contribution in [3.63, 3.8) is 0 Å². The topological polar surface area (TPSA) is 36.9 Å². The molecule has 16 aromatic rings. The maximum atomic E-state index is 8.11. The van der Waals surface area contributed by atoms with E-state index in [1.165, 1.54) is 84.5 Å². The summed E-state index contributed by atoms with van der Waals surface area (Å²) in [6, 6.07) is 151. The van der Waals surface area contributed by atoms with Crippen molar-refractivity contribution in [2.75, 3.05) is 0 Å². The molecule has 4 nitrogen and oxygen atoms in total. The average molecular weight is 1560 g/mol. The fourth-order valence-electron chi connectivity index (χ4n) is 17.9. The third-order valence-electron chi connectivity index (χ3n) is 23.2. The Hall–Kier alpha value is -12.4. The number of rotatable bonds is 26. The molecule has 0 saturated carbocycles. The molecular weight excluding hydrogens is 1460 g/mol. The molecule has 564 valence electrons. The molecule has 0 aliphatic heterocycles. The van der Waals surface area contributed by atoms with Gasteiger partial charge in [0.05, 0.1) is 0 Å². The van der Waals surface area contributed by atoms with Crippen molar-refractivity contribution >= 4 is 95.5 Å². The summed E-state index contributed by atoms with van der Waals surface area (Å²) in [5.41, 5.74) is 13.4. The van der Waals surface area contributed by atoms with Gasteiger partial charge in [-0.05, 0) is 191 Å². The van der Waals surface area contributed by atoms with Gasteiger partial charge in [-0.15, -0.1) is 0 Å². The second-order valence-corrected chi connectivity index (χ2v) is 44.0. The normalized spacial score (nSPS) is 11.8. The van der Waals surface area contributed by atoms with Gasteiger partial charge < -0.3 is 17.7 Å². The number of benzene rings is 16. The van der Waals surface area contributed by atoms with E-state index in [1.54, 1.807) is 0 Å². The second kappa shape index (κ2) is 33.7. The minimum Gasteiger partial charge on any atom is -0.530 e. The van der Waals surface area contributed by atoms with E-state index in [-0.39, 0.29) is 11.8 Å². The molecular formula is C107H96O4Si4. The van der Waals surface area contributed by atoms with Gasteiger partial charge in [0.25, 0.3) is 0 Å². The van der Waals surface area contributed by atoms with Gasteiger partial charge in [-0.1, -0.05) is 413 Å². The van der Waals surface area contributed by atoms with Crippen LogP contribution in [0.4, 0.5) is 0 Å². The van der Waals surface area contributed by atoms with Gasteiger partial charge in [0, 0.05) is 11.8 Å². The predicted molar refractivity (Wildman–Crippen MR) is 490 cm³/mol. The Morgan fingerprint density at radius 2 is 0.270 bits per heavy atom. The quantitative estimate of drug-likeness (QED) is 0.0400. The lowest BCUT2D eigenvalue weighted by Crippen LogP contribution is -2.71. The molecule has 16 rings (SSSR count). The van der Waals surface area contributed by atoms with E-state index < -0.39 is 33.3 Å². The van der Waals surface area contributed by atoms with Gasteiger partial charge in [-0.3, -0.25) is 0 Å². The van der Waals surface area contributed by atoms with E-state index in [2.05, 4.69) is 468 Å². The Morgan fingerprint density at radius 3 is 0.374 bits per heavy atom. The monoisotopic (exact) mass is 1560 g/mol. The van der Waals surface area contributed by atoms with Crippen LogP contribution >= 0.6 is 0 Å². The lowest BCUT2D eigenvalue weighted by Gasteiger charge is -2.36. The Balaban J connectivity index is 0.915. The van der Waals surface area contributed by atoms with Crippen LogP contribution in [0, 0.1) is 55.4 Å². The first kappa shape index (κ1) is 76.6. The molecule has 0 aliphatic rings. The summed E-state index contributed by atoms with van der Waals surface area (Å²) in [6.45, 7) is 18.1. The third kappa shape index (κ3) is 15.0. The smallest absolute Gasteiger partial charge is 0.346 e. The Kier molecular flexibility index (Phi) is 22.5. The van der Waals surface area contributed by atoms with E-state index in [9.17, 15) is 0 Å². The van der Waals surface area contributed by atoms with Crippen molar-refractivity contribution in [2.24, 2.45) is 0 Å². The molecule has 0 spiro atoms. The van der Waals surface area contributed by atoms with Gasteiger partial charge in [-0.2, -0.15) is 0 Å². The fraction of sp³-hybridized carbons (Fsp3) is 0.103. The SMILES string of the molecule is Cc1cc(C(CC(c2cc(C)c(O[Si](c3ccccc3)(c3ccccc3)c3ccccc3)c(C)c2)c2cc(C)c(O[Si](c3ccccc3)(c3ccccc3)c3ccccc3)c(C)c2)c2cc(C)c(O[Si](c3ccccc3)(c3ccccc3)c3ccccc3)c(C)c2)cc(C)c1O[Si](c1ccccc1)(c1ccccc1)c1ccccc1. The Labute approximate surface area is 684 Å². The summed E-state index contributed by atoms with van der Waals surface area (Å²) in [7, 11) is -13.1. The van der Waals surface area contributed by atoms with E-state index in [4.69, 9.17) is 17.7 Å². The summed E-state index contributed by atoms with van der Waals surface area (Å²) in [5, 5.41) is 14.1. The van der Waals surface area contributed by atoms with Crippen LogP contribution in [0.1, 0.15) is 85.0 Å². The zero-order valence-corrected chi connectivity index (χ0v) is 70.8. The Bertz CT molecular complexity index is 4740. The van der Waals surface area contributed by atoms with Crippen LogP contribution in [-0.4, -0.2) is 33.3 Å². The zero-order chi connectivity index (χ0) is 78.9. The highest BCUT2D eigenvalue weighted by Crippen LogP contribution is 2.46. The summed E-state index contributed by atoms with van der Waals surface area (Å²) in [6.07, 6.45) is 0.678. The number of hydrogen-bond donors (Lipinski definition) is 0. The van der Waals surface area contributed by atoms with Gasteiger partial charge in [-0.25, -0.2) is 0 Å². The fourth-order valence-corrected chi connectivity index (χ4v) is 33.8. The van der Waals surface area contributed by atoms with Gasteiger partial charge >= 0.3 is 33.3 Å². The molecule has 16 aromatic carbocycles. The van der Waals surface area contributed by atoms with E-state index in [1.807, 2.05) is 0 Å². The van der Waals surface area contributed by atoms with Crippen molar-refractivity contribution in [2.45, 2.75) is 73.6 Å². The maximum absolute atomic E-state index is 8.11. The van der Waals surface area contributed by atoms with Crippen LogP contribution in [0.5, 0.6) is 23.0 Å². The first-order valence-corrected chi connectivity index (χ1v) is 47.8. The Morgan fingerprint density at radius 1 is 0.165 bits per heavy atom. The molecule has 8 heteroatoms. The number of aryl methyl sites for hydroxylation is 8. The van der Waals surface area contributed by atoms with Crippen LogP contribution in [0.2, 0.25) is 0 Å². The minimum atomic E-state index is -3.27. The molecule has 0 fully saturated rings. The standard InChI is InChI=1S/C107H96O4Si4/c1-78-69-86(70-79(2)104(78)108-112(90-45-21-9-22-46-90,91-47-23-10-24-48-91)92-49-25-11-26-50-92)102(87-71-80(3)105(81(4)72-87)109-113(93-51-27-12-28-52-93,94-53-29-13-30-54-94)95-55-31-14-32-56-95)77-103(88-73-82(5)106(83(6)74-88)110-114(96-57-33-15-34-58-96,97-59-35-16-36-60-97)98-61-37-17-38-62-98)89-75-84(7)107(85(8)76-89)111-115(99-63-39-18-40-64-99,100-65-41-19-42-66-100)101-67-43-20-44-68-101/h9-76,102-103H,77H2,1-8H3. The van der Waals surface area contributed by atoms with Crippen LogP contribution in [-0.2, 0) is 0 Å². The zero-order valence-electron chi connectivity index (χ0n) is 66.8. The van der Waals surface area contributed by atoms with E-state index >= 15 is 0 Å². The third-order valence-corrected chi connectivity index (χ3v) is 39.0. The van der Waals surface area contributed by atoms with Gasteiger partial charge in [0.1, 0.15) is 23.0 Å². The molecule has 0 heterocycles. The van der Waals surface area contributed by atoms with Crippen LogP contribution in [0.15, 0.2) is 413 Å². The van der Waals surface area contributed by atoms with E-state index in [0.717, 1.165) is 67.5 Å². The molecule has 115 heavy (non-hydrogen) atoms. The van der Waals surface area contributed by atoms with Crippen molar-refractivity contribution in [1.82, 2.24) is 0 Å². The first-order valence-electron chi connectivity index (χ1n) is 40.2. The average Bonchev–Trinajstić information content (AvgIpc) is 0.758. The minimum absolute atomic E-state index is 0.196. The molecule has 0 unspecified atom stereocenters. The van der Waals surface area contributed by atoms with Crippen LogP contribution in [0.3, 0.4) is 0 Å². The van der Waals surface area contributed by atoms with E-state index in [0.29, 0.717) is 6.42 Å². The summed E-state index contributed by atoms with van der Waals surface area (Å²) in [4.78, 5) is 0. The second-order valence-electron chi connectivity index (χ2n) is 30.8. The highest BCUT2D eigenvalue weighted by molar-refractivity contribution is 7.09. The lowest BCUT2D eigenvalue weighted by molar-refractivity contribution is 0.560. The molecule has 0 atom stereocenters. The summed E-state index contributed by atoms with van der Waals surface area (Å²) in [5.74, 6) is 3.19. The van der Waals surface area contributed by atoms with Gasteiger partial charge in [0.2, 0.25) is 0 Å². The van der Waals surface area contributed by atoms with Crippen molar-refractivity contribution in [3.05, 3.63) is 479 Å². The van der Waals surface area contributed by atoms with Crippen LogP contribution < -0.4 is 79.9 Å². The van der Waals surface area contributed by atoms with Crippen LogP contribution in [0.25, 0.3) is 0 Å². The highest BCUT2D eigenvalue weighted by atomic mass is 28.4. The molecule has 0 aliphatic carbocycles. The summed E-state index contributed by atoms with van der Waals surface area (Å²) >= 11 is 0. The first-order chi connectivity index (χ1) is 56.3. The molecule has 0 bridgehead atoms. The summed E-state index contributed by atoms with van der Waals surface area (Å²) < 4.78 is 32.5. The molecule has 0 amide bonds. The molecule has 0 radical (unpaired) electrons. The molecule has 0 saturated heterocycles. The molecule has 0 N–H and O–H groups in total.